The Labute approximate surface area is 272 Å². The van der Waals surface area contributed by atoms with E-state index in [1.165, 1.54) is 0 Å². The van der Waals surface area contributed by atoms with Gasteiger partial charge in [-0.15, -0.1) is 0 Å². The molecule has 1 amide bonds. The second-order valence-corrected chi connectivity index (χ2v) is 11.2. The molecular weight excluding hydrogens is 572 g/mol. The molecule has 1 N–H and O–H groups in total. The molecule has 0 atom stereocenters. The molecule has 0 saturated carbocycles. The molecule has 7 heteroatoms. The first-order valence-electron chi connectivity index (χ1n) is 16.3. The van der Waals surface area contributed by atoms with Crippen molar-refractivity contribution < 1.29 is 14.3 Å². The van der Waals surface area contributed by atoms with Crippen molar-refractivity contribution in [2.45, 2.75) is 46.5 Å². The van der Waals surface area contributed by atoms with Crippen molar-refractivity contribution in [1.29, 1.82) is 0 Å². The standard InChI is InChI=1S/C39H44N4O3/c1-4-7-14-38-41-37(30-15-21-34(22-16-30)45-28-11-27-42(5-2)6-3)29-43(38)33-19-25-36(26-20-33)46-35-23-17-32(18-24-35)40-39(44)31-12-9-8-10-13-31/h8-10,12-13,15-26,29H,4-7,11,14,27-28H2,1-3H3,(H,40,44). The van der Waals surface area contributed by atoms with Crippen LogP contribution in [-0.2, 0) is 6.42 Å². The summed E-state index contributed by atoms with van der Waals surface area (Å²) in [5, 5.41) is 2.92. The molecule has 0 unspecified atom stereocenters. The number of aromatic nitrogens is 2. The molecule has 0 aliphatic heterocycles. The lowest BCUT2D eigenvalue weighted by Crippen LogP contribution is -2.25. The van der Waals surface area contributed by atoms with Gasteiger partial charge in [-0.1, -0.05) is 45.4 Å². The largest absolute Gasteiger partial charge is 0.494 e. The Balaban J connectivity index is 1.22. The maximum atomic E-state index is 12.4. The van der Waals surface area contributed by atoms with Crippen molar-refractivity contribution in [3.63, 3.8) is 0 Å². The van der Waals surface area contributed by atoms with Crippen LogP contribution in [0.1, 0.15) is 56.2 Å². The fourth-order valence-corrected chi connectivity index (χ4v) is 5.24. The molecule has 0 saturated heterocycles. The minimum atomic E-state index is -0.145. The summed E-state index contributed by atoms with van der Waals surface area (Å²) in [6, 6.07) is 32.8. The number of imidazole rings is 1. The fraction of sp³-hybridized carbons (Fsp3) is 0.282. The summed E-state index contributed by atoms with van der Waals surface area (Å²) in [4.78, 5) is 19.9. The van der Waals surface area contributed by atoms with Crippen LogP contribution in [-0.4, -0.2) is 46.6 Å². The molecule has 0 radical (unpaired) electrons. The number of aryl methyl sites for hydroxylation is 1. The molecule has 4 aromatic carbocycles. The topological polar surface area (TPSA) is 68.6 Å². The number of anilines is 1. The second-order valence-electron chi connectivity index (χ2n) is 11.2. The first-order chi connectivity index (χ1) is 22.6. The van der Waals surface area contributed by atoms with E-state index in [0.29, 0.717) is 23.6 Å². The number of hydrogen-bond acceptors (Lipinski definition) is 5. The van der Waals surface area contributed by atoms with E-state index in [4.69, 9.17) is 14.5 Å². The smallest absolute Gasteiger partial charge is 0.255 e. The van der Waals surface area contributed by atoms with E-state index in [-0.39, 0.29) is 5.91 Å². The maximum absolute atomic E-state index is 12.4. The Hall–Kier alpha value is -4.88. The number of carbonyl (C=O) groups excluding carboxylic acids is 1. The number of amides is 1. The van der Waals surface area contributed by atoms with Crippen LogP contribution in [0.4, 0.5) is 5.69 Å². The third kappa shape index (κ3) is 8.86. The number of nitrogens with zero attached hydrogens (tertiary/aromatic N) is 3. The van der Waals surface area contributed by atoms with Gasteiger partial charge in [0.15, 0.2) is 0 Å². The molecule has 7 nitrogen and oxygen atoms in total. The molecule has 1 aromatic heterocycles. The predicted octanol–water partition coefficient (Wildman–Crippen LogP) is 9.04. The third-order valence-corrected chi connectivity index (χ3v) is 7.96. The molecule has 5 rings (SSSR count). The Morgan fingerprint density at radius 2 is 1.43 bits per heavy atom. The van der Waals surface area contributed by atoms with E-state index in [1.807, 2.05) is 66.7 Å². The minimum absolute atomic E-state index is 0.145. The minimum Gasteiger partial charge on any atom is -0.494 e. The average molecular weight is 617 g/mol. The van der Waals surface area contributed by atoms with E-state index in [1.54, 1.807) is 12.1 Å². The van der Waals surface area contributed by atoms with Crippen LogP contribution in [0.15, 0.2) is 109 Å². The molecule has 1 heterocycles. The van der Waals surface area contributed by atoms with Crippen LogP contribution in [0.3, 0.4) is 0 Å². The van der Waals surface area contributed by atoms with Gasteiger partial charge in [0.1, 0.15) is 23.1 Å². The summed E-state index contributed by atoms with van der Waals surface area (Å²) < 4.78 is 14.3. The van der Waals surface area contributed by atoms with Gasteiger partial charge in [0.2, 0.25) is 0 Å². The summed E-state index contributed by atoms with van der Waals surface area (Å²) in [6.45, 7) is 10.5. The summed E-state index contributed by atoms with van der Waals surface area (Å²) in [5.74, 6) is 3.20. The van der Waals surface area contributed by atoms with Gasteiger partial charge in [-0.3, -0.25) is 4.79 Å². The molecular formula is C39H44N4O3. The van der Waals surface area contributed by atoms with Crippen molar-refractivity contribution in [3.05, 3.63) is 121 Å². The zero-order valence-corrected chi connectivity index (χ0v) is 27.1. The summed E-state index contributed by atoms with van der Waals surface area (Å²) in [7, 11) is 0. The lowest BCUT2D eigenvalue weighted by molar-refractivity contribution is 0.102. The van der Waals surface area contributed by atoms with Gasteiger partial charge in [-0.2, -0.15) is 0 Å². The van der Waals surface area contributed by atoms with E-state index < -0.39 is 0 Å². The van der Waals surface area contributed by atoms with Crippen LogP contribution in [0, 0.1) is 0 Å². The number of nitrogens with one attached hydrogen (secondary N) is 1. The molecule has 5 aromatic rings. The maximum Gasteiger partial charge on any atom is 0.255 e. The van der Waals surface area contributed by atoms with E-state index in [2.05, 4.69) is 66.0 Å². The Kier molecular flexibility index (Phi) is 11.6. The zero-order valence-electron chi connectivity index (χ0n) is 27.1. The van der Waals surface area contributed by atoms with Crippen molar-refractivity contribution in [2.75, 3.05) is 31.6 Å². The quantitative estimate of drug-likeness (QED) is 0.112. The third-order valence-electron chi connectivity index (χ3n) is 7.96. The van der Waals surface area contributed by atoms with Crippen molar-refractivity contribution in [3.8, 4) is 34.2 Å². The molecule has 0 bridgehead atoms. The highest BCUT2D eigenvalue weighted by Crippen LogP contribution is 2.28. The van der Waals surface area contributed by atoms with E-state index in [9.17, 15) is 4.79 Å². The second kappa shape index (κ2) is 16.4. The normalized spacial score (nSPS) is 11.0. The summed E-state index contributed by atoms with van der Waals surface area (Å²) >= 11 is 0. The number of unbranched alkanes of at least 4 members (excludes halogenated alkanes) is 1. The molecule has 0 spiro atoms. The molecule has 0 aliphatic rings. The van der Waals surface area contributed by atoms with Crippen molar-refractivity contribution >= 4 is 11.6 Å². The highest BCUT2D eigenvalue weighted by Gasteiger charge is 2.12. The predicted molar refractivity (Wildman–Crippen MR) is 186 cm³/mol. The Bertz CT molecular complexity index is 1640. The highest BCUT2D eigenvalue weighted by atomic mass is 16.5. The Morgan fingerprint density at radius 3 is 2.09 bits per heavy atom. The molecule has 46 heavy (non-hydrogen) atoms. The van der Waals surface area contributed by atoms with Crippen LogP contribution in [0.2, 0.25) is 0 Å². The monoisotopic (exact) mass is 616 g/mol. The molecule has 238 valence electrons. The fourth-order valence-electron chi connectivity index (χ4n) is 5.24. The van der Waals surface area contributed by atoms with Gasteiger partial charge >= 0.3 is 0 Å². The first-order valence-corrected chi connectivity index (χ1v) is 16.3. The van der Waals surface area contributed by atoms with Gasteiger partial charge in [-0.25, -0.2) is 4.98 Å². The number of rotatable bonds is 16. The Morgan fingerprint density at radius 1 is 0.783 bits per heavy atom. The van der Waals surface area contributed by atoms with Gasteiger partial charge in [-0.05, 0) is 111 Å². The lowest BCUT2D eigenvalue weighted by Gasteiger charge is -2.17. The van der Waals surface area contributed by atoms with E-state index >= 15 is 0 Å². The first kappa shape index (κ1) is 32.5. The van der Waals surface area contributed by atoms with Crippen LogP contribution < -0.4 is 14.8 Å². The zero-order chi connectivity index (χ0) is 32.1. The number of hydrogen-bond donors (Lipinski definition) is 1. The van der Waals surface area contributed by atoms with Crippen molar-refractivity contribution in [1.82, 2.24) is 14.5 Å². The number of carbonyl (C=O) groups is 1. The SMILES string of the molecule is CCCCc1nc(-c2ccc(OCCCN(CC)CC)cc2)cn1-c1ccc(Oc2ccc(NC(=O)c3ccccc3)cc2)cc1. The summed E-state index contributed by atoms with van der Waals surface area (Å²) in [5.41, 5.74) is 4.37. The molecule has 0 fully saturated rings. The van der Waals surface area contributed by atoms with Gasteiger partial charge in [0, 0.05) is 41.7 Å². The van der Waals surface area contributed by atoms with Crippen LogP contribution >= 0.6 is 0 Å². The van der Waals surface area contributed by atoms with Gasteiger partial charge < -0.3 is 24.3 Å². The number of ether oxygens (including phenoxy) is 2. The lowest BCUT2D eigenvalue weighted by atomic mass is 10.1. The highest BCUT2D eigenvalue weighted by molar-refractivity contribution is 6.04. The van der Waals surface area contributed by atoms with Gasteiger partial charge in [0.25, 0.3) is 5.91 Å². The van der Waals surface area contributed by atoms with Crippen LogP contribution in [0.25, 0.3) is 16.9 Å². The molecule has 0 aliphatic carbocycles. The number of benzene rings is 4. The average Bonchev–Trinajstić information content (AvgIpc) is 3.53. The van der Waals surface area contributed by atoms with Gasteiger partial charge in [0.05, 0.1) is 12.3 Å². The van der Waals surface area contributed by atoms with Crippen molar-refractivity contribution in [2.24, 2.45) is 0 Å². The summed E-state index contributed by atoms with van der Waals surface area (Å²) in [6.07, 6.45) is 6.20. The van der Waals surface area contributed by atoms with E-state index in [0.717, 1.165) is 79.6 Å². The van der Waals surface area contributed by atoms with Crippen LogP contribution in [0.5, 0.6) is 17.2 Å².